The number of hydrogen-bond donors (Lipinski definition) is 1. The molecular weight excluding hydrogens is 1000 g/mol. The topological polar surface area (TPSA) is 50.9 Å². The van der Waals surface area contributed by atoms with Crippen LogP contribution < -0.4 is 20.7 Å². The van der Waals surface area contributed by atoms with E-state index in [4.69, 9.17) is 9.97 Å². The predicted octanol–water partition coefficient (Wildman–Crippen LogP) is 11.9. The number of para-hydroxylation sites is 1. The maximum Gasteiger partial charge on any atom is 0.179 e. The summed E-state index contributed by atoms with van der Waals surface area (Å²) in [5.41, 5.74) is 10.1. The Kier molecular flexibility index (Phi) is 11.9. The van der Waals surface area contributed by atoms with Gasteiger partial charge in [0.2, 0.25) is 0 Å². The quantitative estimate of drug-likeness (QED) is 0.0890. The third kappa shape index (κ3) is 7.64. The normalized spacial score (nSPS) is 12.0. The van der Waals surface area contributed by atoms with Crippen molar-refractivity contribution in [2.45, 2.75) is 52.5 Å². The van der Waals surface area contributed by atoms with Gasteiger partial charge in [-0.25, -0.2) is 4.98 Å². The predicted molar refractivity (Wildman–Crippen MR) is 274 cm³/mol. The van der Waals surface area contributed by atoms with E-state index in [2.05, 4.69) is 234 Å². The van der Waals surface area contributed by atoms with Crippen molar-refractivity contribution in [1.29, 1.82) is 0 Å². The third-order valence-electron chi connectivity index (χ3n) is 13.3. The molecule has 0 fully saturated rings. The number of aryl methyl sites for hydroxylation is 1. The number of aromatic hydroxyl groups is 1. The number of imidazole rings is 1. The summed E-state index contributed by atoms with van der Waals surface area (Å²) in [6, 6.07) is 73.5. The largest absolute Gasteiger partial charge is 0.507 e. The number of pyridine rings is 1. The van der Waals surface area contributed by atoms with Gasteiger partial charge in [-0.3, -0.25) is 4.98 Å². The van der Waals surface area contributed by atoms with Crippen LogP contribution in [0.3, 0.4) is 0 Å². The first kappa shape index (κ1) is 44.5. The van der Waals surface area contributed by atoms with Crippen LogP contribution in [-0.4, -0.2) is 27.7 Å². The van der Waals surface area contributed by atoms with Crippen molar-refractivity contribution in [1.82, 2.24) is 14.5 Å². The van der Waals surface area contributed by atoms with Crippen molar-refractivity contribution in [3.8, 4) is 39.4 Å². The van der Waals surface area contributed by atoms with Crippen LogP contribution in [0, 0.1) is 13.0 Å². The molecule has 0 aliphatic carbocycles. The Hall–Kier alpha value is -6.65. The molecule has 0 bridgehead atoms. The SMILES string of the molecule is Cc1ccnc2c(-c3[c-]c(-c4cccc5c4nc(-c4cc(C(C)(C)C)ccc4O)n5C(C)(C)c4ccccc4)ccc3)cc([Si](c3ccccc3)(c3ccccc3)c3ccccc3)cc12.[Pt]. The van der Waals surface area contributed by atoms with Crippen molar-refractivity contribution in [3.63, 3.8) is 0 Å². The second-order valence-corrected chi connectivity index (χ2v) is 22.5. The molecule has 2 aromatic heterocycles. The number of fused-ring (bicyclic) bond motifs is 2. The van der Waals surface area contributed by atoms with Crippen molar-refractivity contribution >= 4 is 50.8 Å². The van der Waals surface area contributed by atoms with Gasteiger partial charge in [-0.2, -0.15) is 0 Å². The number of phenolic OH excluding ortho intramolecular Hbond substituents is 1. The van der Waals surface area contributed by atoms with Gasteiger partial charge in [0.1, 0.15) is 11.6 Å². The summed E-state index contributed by atoms with van der Waals surface area (Å²) in [4.78, 5) is 10.6. The number of hydrogen-bond acceptors (Lipinski definition) is 3. The Morgan fingerprint density at radius 3 is 1.67 bits per heavy atom. The van der Waals surface area contributed by atoms with E-state index in [0.717, 1.165) is 55.3 Å². The molecule has 10 aromatic rings. The first-order valence-corrected chi connectivity index (χ1v) is 24.5. The molecular formula is C60H52N3OPtSi-. The number of benzene rings is 8. The van der Waals surface area contributed by atoms with Crippen LogP contribution in [0.2, 0.25) is 0 Å². The van der Waals surface area contributed by atoms with Crippen molar-refractivity contribution in [2.24, 2.45) is 0 Å². The van der Waals surface area contributed by atoms with Crippen LogP contribution in [0.4, 0.5) is 0 Å². The zero-order chi connectivity index (χ0) is 44.9. The molecule has 0 saturated carbocycles. The van der Waals surface area contributed by atoms with Gasteiger partial charge in [0, 0.05) is 32.8 Å². The van der Waals surface area contributed by atoms with Crippen LogP contribution in [0.25, 0.3) is 55.6 Å². The third-order valence-corrected chi connectivity index (χ3v) is 18.1. The summed E-state index contributed by atoms with van der Waals surface area (Å²) in [7, 11) is -2.90. The minimum Gasteiger partial charge on any atom is -0.507 e. The van der Waals surface area contributed by atoms with Gasteiger partial charge < -0.3 is 9.67 Å². The van der Waals surface area contributed by atoms with Gasteiger partial charge in [-0.1, -0.05) is 189 Å². The molecule has 0 saturated heterocycles. The summed E-state index contributed by atoms with van der Waals surface area (Å²) < 4.78 is 2.30. The van der Waals surface area contributed by atoms with E-state index in [0.29, 0.717) is 11.4 Å². The van der Waals surface area contributed by atoms with Crippen molar-refractivity contribution in [3.05, 3.63) is 223 Å². The van der Waals surface area contributed by atoms with E-state index in [1.807, 2.05) is 18.3 Å². The average Bonchev–Trinajstić information content (AvgIpc) is 3.74. The molecule has 0 unspecified atom stereocenters. The van der Waals surface area contributed by atoms with E-state index < -0.39 is 13.6 Å². The Morgan fingerprint density at radius 1 is 0.515 bits per heavy atom. The van der Waals surface area contributed by atoms with E-state index >= 15 is 0 Å². The fourth-order valence-electron chi connectivity index (χ4n) is 9.88. The molecule has 0 spiro atoms. The van der Waals surface area contributed by atoms with Crippen LogP contribution in [0.5, 0.6) is 5.75 Å². The molecule has 2 heterocycles. The monoisotopic (exact) mass is 1050 g/mol. The zero-order valence-electron chi connectivity index (χ0n) is 38.2. The molecule has 0 radical (unpaired) electrons. The maximum absolute atomic E-state index is 11.6. The Bertz CT molecular complexity index is 3250. The zero-order valence-corrected chi connectivity index (χ0v) is 41.4. The molecule has 8 aromatic carbocycles. The molecule has 0 aliphatic rings. The Morgan fingerprint density at radius 2 is 1.08 bits per heavy atom. The smallest absolute Gasteiger partial charge is 0.179 e. The van der Waals surface area contributed by atoms with Gasteiger partial charge in [-0.15, -0.1) is 35.4 Å². The Labute approximate surface area is 404 Å². The standard InChI is InChI=1S/C60H52N3OSi.Pt/c1-41-35-36-61-56-51(41)39-49(65(46-25-13-8-14-26-46,47-27-15-9-16-28-47)48-29-17-10-18-30-48)40-52(56)43-22-19-21-42(37-43)50-31-20-32-54-57(50)62-58(53-38-45(59(2,3)4)33-34-55(53)64)63(54)60(5,6)44-23-11-7-12-24-44;/h7-36,38-40,64H,1-6H3;/q-1;. The number of aromatic nitrogens is 3. The fourth-order valence-corrected chi connectivity index (χ4v) is 14.7. The van der Waals surface area contributed by atoms with Crippen LogP contribution in [-0.2, 0) is 32.0 Å². The van der Waals surface area contributed by atoms with E-state index in [9.17, 15) is 5.11 Å². The van der Waals surface area contributed by atoms with E-state index in [1.54, 1.807) is 0 Å². The first-order chi connectivity index (χ1) is 31.5. The van der Waals surface area contributed by atoms with Gasteiger partial charge >= 0.3 is 0 Å². The number of rotatable bonds is 9. The van der Waals surface area contributed by atoms with E-state index in [1.165, 1.54) is 26.3 Å². The molecule has 0 aliphatic heterocycles. The number of phenols is 1. The molecule has 328 valence electrons. The number of nitrogens with zero attached hydrogens (tertiary/aromatic N) is 3. The van der Waals surface area contributed by atoms with Crippen LogP contribution in [0.15, 0.2) is 200 Å². The molecule has 1 N–H and O–H groups in total. The van der Waals surface area contributed by atoms with Crippen LogP contribution >= 0.6 is 0 Å². The van der Waals surface area contributed by atoms with Gasteiger partial charge in [-0.05, 0) is 88.1 Å². The summed E-state index contributed by atoms with van der Waals surface area (Å²) in [6.45, 7) is 13.2. The average molecular weight is 1050 g/mol. The Balaban J connectivity index is 0.00000548. The van der Waals surface area contributed by atoms with Crippen molar-refractivity contribution in [2.75, 3.05) is 0 Å². The minimum absolute atomic E-state index is 0. The summed E-state index contributed by atoms with van der Waals surface area (Å²) in [5, 5.41) is 18.0. The maximum atomic E-state index is 11.6. The van der Waals surface area contributed by atoms with Gasteiger partial charge in [0.15, 0.2) is 8.07 Å². The molecule has 0 atom stereocenters. The summed E-state index contributed by atoms with van der Waals surface area (Å²) in [5.74, 6) is 0.910. The van der Waals surface area contributed by atoms with E-state index in [-0.39, 0.29) is 32.2 Å². The molecule has 0 amide bonds. The second kappa shape index (κ2) is 17.6. The summed E-state index contributed by atoms with van der Waals surface area (Å²) in [6.07, 6.45) is 1.93. The fraction of sp³-hybridized carbons (Fsp3) is 0.133. The summed E-state index contributed by atoms with van der Waals surface area (Å²) >= 11 is 0. The van der Waals surface area contributed by atoms with Crippen molar-refractivity contribution < 1.29 is 26.2 Å². The molecule has 4 nitrogen and oxygen atoms in total. The second-order valence-electron chi connectivity index (χ2n) is 18.7. The molecule has 66 heavy (non-hydrogen) atoms. The first-order valence-electron chi connectivity index (χ1n) is 22.5. The van der Waals surface area contributed by atoms with Gasteiger partial charge in [0.25, 0.3) is 0 Å². The van der Waals surface area contributed by atoms with Crippen LogP contribution in [0.1, 0.15) is 51.3 Å². The molecule has 6 heteroatoms. The molecule has 10 rings (SSSR count). The minimum atomic E-state index is -2.90. The van der Waals surface area contributed by atoms with Gasteiger partial charge in [0.05, 0.1) is 22.1 Å².